The van der Waals surface area contributed by atoms with Gasteiger partial charge in [-0.15, -0.1) is 5.10 Å². The Balaban J connectivity index is 1.47. The van der Waals surface area contributed by atoms with Gasteiger partial charge in [-0.3, -0.25) is 9.89 Å². The first-order valence-corrected chi connectivity index (χ1v) is 8.33. The average Bonchev–Trinajstić information content (AvgIpc) is 3.35. The Bertz CT molecular complexity index is 850. The van der Waals surface area contributed by atoms with Gasteiger partial charge in [-0.05, 0) is 44.1 Å². The molecule has 0 unspecified atom stereocenters. The van der Waals surface area contributed by atoms with Crippen molar-refractivity contribution in [3.63, 3.8) is 0 Å². The molecule has 2 aromatic heterocycles. The van der Waals surface area contributed by atoms with Crippen LogP contribution in [0.1, 0.15) is 29.4 Å². The Morgan fingerprint density at radius 1 is 1.24 bits per heavy atom. The molecule has 4 rings (SSSR count). The van der Waals surface area contributed by atoms with Crippen LogP contribution in [0.15, 0.2) is 42.7 Å². The van der Waals surface area contributed by atoms with Crippen LogP contribution in [0, 0.1) is 0 Å². The first-order valence-electron chi connectivity index (χ1n) is 8.33. The number of anilines is 1. The summed E-state index contributed by atoms with van der Waals surface area (Å²) in [4.78, 5) is 12.4. The number of aromatic amines is 1. The fourth-order valence-corrected chi connectivity index (χ4v) is 3.01. The normalized spacial score (nSPS) is 15.2. The number of carbonyl (C=O) groups is 1. The lowest BCUT2D eigenvalue weighted by Gasteiger charge is -2.22. The number of H-pyrrole nitrogens is 1. The maximum absolute atomic E-state index is 12.4. The van der Waals surface area contributed by atoms with Crippen molar-refractivity contribution in [3.8, 4) is 11.3 Å². The molecule has 1 aliphatic rings. The van der Waals surface area contributed by atoms with Gasteiger partial charge in [0, 0.05) is 17.4 Å². The second-order valence-electron chi connectivity index (χ2n) is 6.07. The number of piperidine rings is 1. The highest BCUT2D eigenvalue weighted by Gasteiger charge is 2.18. The van der Waals surface area contributed by atoms with E-state index in [-0.39, 0.29) is 5.91 Å². The van der Waals surface area contributed by atoms with Crippen LogP contribution in [0.25, 0.3) is 11.3 Å². The number of hydrogen-bond acceptors (Lipinski definition) is 5. The summed E-state index contributed by atoms with van der Waals surface area (Å²) in [5, 5.41) is 21.2. The maximum atomic E-state index is 12.4. The van der Waals surface area contributed by atoms with Crippen LogP contribution in [-0.2, 0) is 0 Å². The summed E-state index contributed by atoms with van der Waals surface area (Å²) in [6, 6.07) is 9.76. The Kier molecular flexibility index (Phi) is 4.26. The van der Waals surface area contributed by atoms with Crippen molar-refractivity contribution in [2.24, 2.45) is 0 Å². The molecule has 3 aromatic rings. The largest absolute Gasteiger partial charge is 0.321 e. The zero-order valence-corrected chi connectivity index (χ0v) is 13.6. The zero-order chi connectivity index (χ0) is 17.1. The van der Waals surface area contributed by atoms with Crippen molar-refractivity contribution in [2.75, 3.05) is 18.4 Å². The topological polar surface area (TPSA) is 101 Å². The van der Waals surface area contributed by atoms with E-state index in [1.54, 1.807) is 17.1 Å². The van der Waals surface area contributed by atoms with Gasteiger partial charge in [0.05, 0.1) is 17.9 Å². The van der Waals surface area contributed by atoms with Crippen molar-refractivity contribution < 1.29 is 4.79 Å². The molecule has 0 bridgehead atoms. The molecular weight excluding hydrogens is 318 g/mol. The molecule has 1 amide bonds. The van der Waals surface area contributed by atoms with Gasteiger partial charge in [-0.1, -0.05) is 17.3 Å². The summed E-state index contributed by atoms with van der Waals surface area (Å²) in [5.41, 5.74) is 2.88. The third kappa shape index (κ3) is 3.43. The van der Waals surface area contributed by atoms with Crippen LogP contribution >= 0.6 is 0 Å². The van der Waals surface area contributed by atoms with Crippen LogP contribution in [0.3, 0.4) is 0 Å². The van der Waals surface area contributed by atoms with Gasteiger partial charge in [-0.2, -0.15) is 5.10 Å². The first kappa shape index (κ1) is 15.5. The molecule has 0 spiro atoms. The van der Waals surface area contributed by atoms with E-state index in [0.717, 1.165) is 37.2 Å². The van der Waals surface area contributed by atoms with E-state index in [1.807, 2.05) is 30.3 Å². The number of benzene rings is 1. The highest BCUT2D eigenvalue weighted by molar-refractivity contribution is 6.02. The van der Waals surface area contributed by atoms with Gasteiger partial charge in [0.1, 0.15) is 0 Å². The minimum Gasteiger partial charge on any atom is -0.321 e. The Morgan fingerprint density at radius 2 is 2.12 bits per heavy atom. The molecule has 0 aliphatic carbocycles. The molecule has 1 aromatic carbocycles. The third-order valence-corrected chi connectivity index (χ3v) is 4.36. The fraction of sp³-hybridized carbons (Fsp3) is 0.294. The maximum Gasteiger partial charge on any atom is 0.277 e. The van der Waals surface area contributed by atoms with Gasteiger partial charge in [-0.25, -0.2) is 4.68 Å². The van der Waals surface area contributed by atoms with E-state index in [9.17, 15) is 4.79 Å². The van der Waals surface area contributed by atoms with E-state index in [4.69, 9.17) is 0 Å². The van der Waals surface area contributed by atoms with Crippen molar-refractivity contribution in [1.29, 1.82) is 0 Å². The van der Waals surface area contributed by atoms with Crippen LogP contribution in [0.4, 0.5) is 5.69 Å². The Hall–Kier alpha value is -3.00. The van der Waals surface area contributed by atoms with Crippen molar-refractivity contribution in [3.05, 3.63) is 48.4 Å². The molecule has 0 saturated carbocycles. The number of carbonyl (C=O) groups excluding carboxylic acids is 1. The molecule has 1 saturated heterocycles. The van der Waals surface area contributed by atoms with Gasteiger partial charge < -0.3 is 10.6 Å². The Labute approximate surface area is 144 Å². The monoisotopic (exact) mass is 337 g/mol. The molecule has 8 nitrogen and oxygen atoms in total. The molecular formula is C17H19N7O. The van der Waals surface area contributed by atoms with Crippen LogP contribution in [0.2, 0.25) is 0 Å². The summed E-state index contributed by atoms with van der Waals surface area (Å²) in [6.45, 7) is 1.93. The molecule has 3 heterocycles. The lowest BCUT2D eigenvalue weighted by atomic mass is 10.1. The van der Waals surface area contributed by atoms with E-state index >= 15 is 0 Å². The molecule has 0 atom stereocenters. The smallest absolute Gasteiger partial charge is 0.277 e. The fourth-order valence-electron chi connectivity index (χ4n) is 3.01. The molecule has 0 radical (unpaired) electrons. The van der Waals surface area contributed by atoms with Crippen LogP contribution in [0.5, 0.6) is 0 Å². The predicted molar refractivity (Wildman–Crippen MR) is 93.1 cm³/mol. The van der Waals surface area contributed by atoms with E-state index in [2.05, 4.69) is 31.1 Å². The molecule has 8 heteroatoms. The predicted octanol–water partition coefficient (Wildman–Crippen LogP) is 1.84. The van der Waals surface area contributed by atoms with Gasteiger partial charge in [0.2, 0.25) is 0 Å². The SMILES string of the molecule is O=C(Nc1cccc(-c2ccn[nH]2)c1)c1cn(C2CCNCC2)nn1. The Morgan fingerprint density at radius 3 is 2.92 bits per heavy atom. The summed E-state index contributed by atoms with van der Waals surface area (Å²) in [5.74, 6) is -0.262. The van der Waals surface area contributed by atoms with Crippen molar-refractivity contribution >= 4 is 11.6 Å². The highest BCUT2D eigenvalue weighted by atomic mass is 16.2. The highest BCUT2D eigenvalue weighted by Crippen LogP contribution is 2.21. The number of amides is 1. The quantitative estimate of drug-likeness (QED) is 0.674. The van der Waals surface area contributed by atoms with Crippen molar-refractivity contribution in [1.82, 2.24) is 30.5 Å². The van der Waals surface area contributed by atoms with E-state index in [0.29, 0.717) is 17.4 Å². The summed E-state index contributed by atoms with van der Waals surface area (Å²) < 4.78 is 1.80. The molecule has 25 heavy (non-hydrogen) atoms. The number of hydrogen-bond donors (Lipinski definition) is 3. The number of nitrogens with zero attached hydrogens (tertiary/aromatic N) is 4. The van der Waals surface area contributed by atoms with Gasteiger partial charge in [0.15, 0.2) is 5.69 Å². The molecule has 3 N–H and O–H groups in total. The summed E-state index contributed by atoms with van der Waals surface area (Å²) in [7, 11) is 0. The minimum atomic E-state index is -0.262. The molecule has 1 fully saturated rings. The number of aromatic nitrogens is 5. The standard InChI is InChI=1S/C17H19N7O/c25-17(16-11-24(23-22-16)14-4-7-18-8-5-14)20-13-3-1-2-12(10-13)15-6-9-19-21-15/h1-3,6,9-11,14,18H,4-5,7-8H2,(H,19,21)(H,20,25). The first-order chi connectivity index (χ1) is 12.3. The summed E-state index contributed by atoms with van der Waals surface area (Å²) >= 11 is 0. The molecule has 1 aliphatic heterocycles. The van der Waals surface area contributed by atoms with Gasteiger partial charge >= 0.3 is 0 Å². The number of nitrogens with one attached hydrogen (secondary N) is 3. The lowest BCUT2D eigenvalue weighted by Crippen LogP contribution is -2.29. The van der Waals surface area contributed by atoms with Gasteiger partial charge in [0.25, 0.3) is 5.91 Å². The molecule has 128 valence electrons. The zero-order valence-electron chi connectivity index (χ0n) is 13.6. The van der Waals surface area contributed by atoms with Crippen molar-refractivity contribution in [2.45, 2.75) is 18.9 Å². The van der Waals surface area contributed by atoms with Crippen LogP contribution in [-0.4, -0.2) is 44.2 Å². The van der Waals surface area contributed by atoms with Crippen LogP contribution < -0.4 is 10.6 Å². The average molecular weight is 337 g/mol. The second kappa shape index (κ2) is 6.86. The second-order valence-corrected chi connectivity index (χ2v) is 6.07. The number of rotatable bonds is 4. The lowest BCUT2D eigenvalue weighted by molar-refractivity contribution is 0.102. The van der Waals surface area contributed by atoms with E-state index < -0.39 is 0 Å². The summed E-state index contributed by atoms with van der Waals surface area (Å²) in [6.07, 6.45) is 5.41. The van der Waals surface area contributed by atoms with E-state index in [1.165, 1.54) is 0 Å². The third-order valence-electron chi connectivity index (χ3n) is 4.36. The minimum absolute atomic E-state index is 0.262.